The summed E-state index contributed by atoms with van der Waals surface area (Å²) in [5.74, 6) is -0.263. The number of tetrazole rings is 1. The highest BCUT2D eigenvalue weighted by molar-refractivity contribution is 8.00. The van der Waals surface area contributed by atoms with Crippen LogP contribution in [0.15, 0.2) is 35.5 Å². The highest BCUT2D eigenvalue weighted by Crippen LogP contribution is 2.33. The smallest absolute Gasteiger partial charge is 0.237 e. The zero-order valence-corrected chi connectivity index (χ0v) is 18.3. The first-order chi connectivity index (χ1) is 13.3. The van der Waals surface area contributed by atoms with Crippen LogP contribution in [0.1, 0.15) is 18.1 Å². The van der Waals surface area contributed by atoms with Crippen molar-refractivity contribution >= 4 is 58.2 Å². The van der Waals surface area contributed by atoms with E-state index in [0.29, 0.717) is 25.9 Å². The Bertz CT molecular complexity index is 1040. The van der Waals surface area contributed by atoms with Crippen molar-refractivity contribution in [1.82, 2.24) is 20.2 Å². The fourth-order valence-electron chi connectivity index (χ4n) is 2.43. The molecule has 0 saturated carbocycles. The minimum absolute atomic E-state index is 0.263. The number of halogens is 3. The molecule has 0 aliphatic carbocycles. The number of amides is 1. The van der Waals surface area contributed by atoms with E-state index in [2.05, 4.69) is 20.8 Å². The van der Waals surface area contributed by atoms with Crippen LogP contribution in [0.3, 0.4) is 0 Å². The summed E-state index contributed by atoms with van der Waals surface area (Å²) in [7, 11) is 0. The SMILES string of the molecule is Cc1cccc(-n2nnnc2SC(C)C(=O)Nc2cc(Cl)c(Cl)cc2Cl)c1C. The standard InChI is InChI=1S/C18H16Cl3N5OS/c1-9-5-4-6-16(10(9)2)26-18(23-24-25-26)28-11(3)17(27)22-15-8-13(20)12(19)7-14(15)21/h4-8,11H,1-3H3,(H,22,27). The lowest BCUT2D eigenvalue weighted by Gasteiger charge is -2.14. The summed E-state index contributed by atoms with van der Waals surface area (Å²) >= 11 is 19.3. The van der Waals surface area contributed by atoms with Crippen LogP contribution in [0.4, 0.5) is 5.69 Å². The zero-order valence-electron chi connectivity index (χ0n) is 15.2. The Kier molecular flexibility index (Phi) is 6.50. The van der Waals surface area contributed by atoms with Crippen molar-refractivity contribution in [2.45, 2.75) is 31.2 Å². The predicted octanol–water partition coefficient (Wildman–Crippen LogP) is 5.36. The Morgan fingerprint density at radius 2 is 1.86 bits per heavy atom. The van der Waals surface area contributed by atoms with Gasteiger partial charge in [-0.2, -0.15) is 4.68 Å². The van der Waals surface area contributed by atoms with Gasteiger partial charge >= 0.3 is 0 Å². The van der Waals surface area contributed by atoms with Crippen LogP contribution in [-0.2, 0) is 4.79 Å². The Hall–Kier alpha value is -1.80. The molecular formula is C18H16Cl3N5OS. The maximum atomic E-state index is 12.6. The summed E-state index contributed by atoms with van der Waals surface area (Å²) in [6, 6.07) is 8.90. The molecule has 0 spiro atoms. The molecule has 0 bridgehead atoms. The number of hydrogen-bond acceptors (Lipinski definition) is 5. The van der Waals surface area contributed by atoms with E-state index in [9.17, 15) is 4.79 Å². The predicted molar refractivity (Wildman–Crippen MR) is 114 cm³/mol. The number of carbonyl (C=O) groups is 1. The molecule has 1 heterocycles. The molecule has 1 aromatic heterocycles. The van der Waals surface area contributed by atoms with E-state index < -0.39 is 5.25 Å². The van der Waals surface area contributed by atoms with Gasteiger partial charge in [-0.15, -0.1) is 5.10 Å². The molecule has 3 aromatic rings. The lowest BCUT2D eigenvalue weighted by Crippen LogP contribution is -2.23. The van der Waals surface area contributed by atoms with E-state index >= 15 is 0 Å². The van der Waals surface area contributed by atoms with Crippen molar-refractivity contribution in [3.8, 4) is 5.69 Å². The van der Waals surface area contributed by atoms with Crippen LogP contribution in [0.5, 0.6) is 0 Å². The number of aryl methyl sites for hydroxylation is 1. The molecule has 0 aliphatic heterocycles. The monoisotopic (exact) mass is 455 g/mol. The normalized spacial score (nSPS) is 12.1. The van der Waals surface area contributed by atoms with E-state index in [-0.39, 0.29) is 5.91 Å². The minimum atomic E-state index is -0.486. The summed E-state index contributed by atoms with van der Waals surface area (Å²) in [6.45, 7) is 5.78. The molecule has 1 unspecified atom stereocenters. The maximum Gasteiger partial charge on any atom is 0.237 e. The van der Waals surface area contributed by atoms with Gasteiger partial charge in [-0.1, -0.05) is 58.7 Å². The Labute approximate surface area is 181 Å². The first kappa shape index (κ1) is 20.9. The van der Waals surface area contributed by atoms with E-state index in [4.69, 9.17) is 34.8 Å². The number of nitrogens with one attached hydrogen (secondary N) is 1. The van der Waals surface area contributed by atoms with Gasteiger partial charge in [-0.3, -0.25) is 4.79 Å². The molecule has 6 nitrogen and oxygen atoms in total. The van der Waals surface area contributed by atoms with Gasteiger partial charge < -0.3 is 5.32 Å². The first-order valence-corrected chi connectivity index (χ1v) is 10.3. The van der Waals surface area contributed by atoms with E-state index in [1.54, 1.807) is 11.6 Å². The third-order valence-electron chi connectivity index (χ3n) is 4.16. The zero-order chi connectivity index (χ0) is 20.4. The molecule has 0 saturated heterocycles. The van der Waals surface area contributed by atoms with Crippen molar-refractivity contribution in [2.75, 3.05) is 5.32 Å². The van der Waals surface area contributed by atoms with Crippen LogP contribution in [0, 0.1) is 13.8 Å². The first-order valence-electron chi connectivity index (χ1n) is 8.25. The number of nitrogens with zero attached hydrogens (tertiary/aromatic N) is 4. The Morgan fingerprint density at radius 3 is 2.61 bits per heavy atom. The fourth-order valence-corrected chi connectivity index (χ4v) is 3.83. The second-order valence-corrected chi connectivity index (χ2v) is 8.62. The number of benzene rings is 2. The summed E-state index contributed by atoms with van der Waals surface area (Å²) in [4.78, 5) is 12.6. The van der Waals surface area contributed by atoms with E-state index in [0.717, 1.165) is 16.8 Å². The van der Waals surface area contributed by atoms with Crippen LogP contribution in [-0.4, -0.2) is 31.4 Å². The Balaban J connectivity index is 1.78. The average Bonchev–Trinajstić information content (AvgIpc) is 3.09. The van der Waals surface area contributed by atoms with Crippen LogP contribution < -0.4 is 5.32 Å². The second kappa shape index (κ2) is 8.69. The van der Waals surface area contributed by atoms with Crippen LogP contribution >= 0.6 is 46.6 Å². The van der Waals surface area contributed by atoms with Crippen molar-refractivity contribution in [1.29, 1.82) is 0 Å². The second-order valence-electron chi connectivity index (χ2n) is 6.09. The fraction of sp³-hybridized carbons (Fsp3) is 0.222. The lowest BCUT2D eigenvalue weighted by atomic mass is 10.1. The highest BCUT2D eigenvalue weighted by atomic mass is 35.5. The van der Waals surface area contributed by atoms with Gasteiger partial charge in [-0.05, 0) is 60.5 Å². The molecule has 146 valence electrons. The summed E-state index contributed by atoms with van der Waals surface area (Å²) < 4.78 is 1.63. The topological polar surface area (TPSA) is 72.7 Å². The summed E-state index contributed by atoms with van der Waals surface area (Å²) in [6.07, 6.45) is 0. The third kappa shape index (κ3) is 4.43. The van der Waals surface area contributed by atoms with Crippen molar-refractivity contribution in [2.24, 2.45) is 0 Å². The highest BCUT2D eigenvalue weighted by Gasteiger charge is 2.21. The molecule has 1 amide bonds. The van der Waals surface area contributed by atoms with E-state index in [1.165, 1.54) is 23.9 Å². The largest absolute Gasteiger partial charge is 0.324 e. The maximum absolute atomic E-state index is 12.6. The number of rotatable bonds is 5. The van der Waals surface area contributed by atoms with Gasteiger partial charge in [0.25, 0.3) is 0 Å². The number of hydrogen-bond donors (Lipinski definition) is 1. The molecule has 0 radical (unpaired) electrons. The number of anilines is 1. The van der Waals surface area contributed by atoms with Crippen LogP contribution in [0.25, 0.3) is 5.69 Å². The molecule has 1 N–H and O–H groups in total. The van der Waals surface area contributed by atoms with Crippen molar-refractivity contribution < 1.29 is 4.79 Å². The van der Waals surface area contributed by atoms with Gasteiger partial charge in [0.05, 0.1) is 31.7 Å². The molecule has 3 rings (SSSR count). The van der Waals surface area contributed by atoms with Gasteiger partial charge in [-0.25, -0.2) is 0 Å². The van der Waals surface area contributed by atoms with E-state index in [1.807, 2.05) is 32.0 Å². The van der Waals surface area contributed by atoms with Crippen molar-refractivity contribution in [3.63, 3.8) is 0 Å². The lowest BCUT2D eigenvalue weighted by molar-refractivity contribution is -0.115. The van der Waals surface area contributed by atoms with Gasteiger partial charge in [0.1, 0.15) is 0 Å². The number of thioether (sulfide) groups is 1. The van der Waals surface area contributed by atoms with Crippen LogP contribution in [0.2, 0.25) is 15.1 Å². The Morgan fingerprint density at radius 1 is 1.14 bits per heavy atom. The van der Waals surface area contributed by atoms with Gasteiger partial charge in [0, 0.05) is 0 Å². The number of aromatic nitrogens is 4. The number of carbonyl (C=O) groups excluding carboxylic acids is 1. The van der Waals surface area contributed by atoms with Gasteiger partial charge in [0.2, 0.25) is 11.1 Å². The quantitative estimate of drug-likeness (QED) is 0.413. The molecule has 2 aromatic carbocycles. The summed E-state index contributed by atoms with van der Waals surface area (Å²) in [5, 5.41) is 15.6. The molecule has 0 aliphatic rings. The minimum Gasteiger partial charge on any atom is -0.324 e. The molecule has 10 heteroatoms. The van der Waals surface area contributed by atoms with Gasteiger partial charge in [0.15, 0.2) is 0 Å². The summed E-state index contributed by atoms with van der Waals surface area (Å²) in [5.41, 5.74) is 3.45. The average molecular weight is 457 g/mol. The third-order valence-corrected chi connectivity index (χ3v) is 6.23. The van der Waals surface area contributed by atoms with Crippen molar-refractivity contribution in [3.05, 3.63) is 56.5 Å². The molecule has 1 atom stereocenters. The molecule has 0 fully saturated rings. The molecular weight excluding hydrogens is 441 g/mol. The molecule has 28 heavy (non-hydrogen) atoms.